The van der Waals surface area contributed by atoms with Crippen molar-refractivity contribution in [1.29, 1.82) is 0 Å². The van der Waals surface area contributed by atoms with Gasteiger partial charge in [-0.25, -0.2) is 4.79 Å². The van der Waals surface area contributed by atoms with E-state index in [2.05, 4.69) is 15.9 Å². The second kappa shape index (κ2) is 5.21. The number of fused-ring (bicyclic) bond motifs is 2. The van der Waals surface area contributed by atoms with Crippen molar-refractivity contribution < 1.29 is 19.1 Å². The maximum atomic E-state index is 12.5. The Kier molecular flexibility index (Phi) is 3.39. The first-order chi connectivity index (χ1) is 10.1. The summed E-state index contributed by atoms with van der Waals surface area (Å²) in [5, 5.41) is 9.44. The number of hydrogen-bond donors (Lipinski definition) is 1. The van der Waals surface area contributed by atoms with Crippen LogP contribution in [0.5, 0.6) is 5.75 Å². The number of ether oxygens (including phenoxy) is 1. The highest BCUT2D eigenvalue weighted by atomic mass is 79.9. The predicted molar refractivity (Wildman–Crippen MR) is 80.8 cm³/mol. The van der Waals surface area contributed by atoms with Crippen molar-refractivity contribution in [3.63, 3.8) is 0 Å². The lowest BCUT2D eigenvalue weighted by Crippen LogP contribution is -2.10. The van der Waals surface area contributed by atoms with E-state index in [0.717, 1.165) is 0 Å². The SMILES string of the molecule is O=C(O)COc1cc(Br)c2oc3ccccc3c(=O)c2c1. The molecule has 0 atom stereocenters. The van der Waals surface area contributed by atoms with Crippen LogP contribution in [0.25, 0.3) is 21.9 Å². The zero-order chi connectivity index (χ0) is 15.0. The predicted octanol–water partition coefficient (Wildman–Crippen LogP) is 3.17. The van der Waals surface area contributed by atoms with Crippen molar-refractivity contribution in [2.75, 3.05) is 6.61 Å². The second-order valence-corrected chi connectivity index (χ2v) is 5.25. The van der Waals surface area contributed by atoms with E-state index in [-0.39, 0.29) is 5.43 Å². The maximum Gasteiger partial charge on any atom is 0.341 e. The van der Waals surface area contributed by atoms with E-state index < -0.39 is 12.6 Å². The van der Waals surface area contributed by atoms with Gasteiger partial charge in [0.05, 0.1) is 15.2 Å². The monoisotopic (exact) mass is 348 g/mol. The van der Waals surface area contributed by atoms with Crippen LogP contribution >= 0.6 is 15.9 Å². The molecule has 6 heteroatoms. The first kappa shape index (κ1) is 13.6. The number of hydrogen-bond acceptors (Lipinski definition) is 4. The summed E-state index contributed by atoms with van der Waals surface area (Å²) in [5.41, 5.74) is 0.713. The fourth-order valence-electron chi connectivity index (χ4n) is 2.07. The molecule has 0 fully saturated rings. The van der Waals surface area contributed by atoms with E-state index in [9.17, 15) is 9.59 Å². The molecule has 0 aliphatic heterocycles. The molecule has 0 bridgehead atoms. The summed E-state index contributed by atoms with van der Waals surface area (Å²) < 4.78 is 11.4. The molecule has 0 saturated carbocycles. The van der Waals surface area contributed by atoms with Gasteiger partial charge >= 0.3 is 5.97 Å². The largest absolute Gasteiger partial charge is 0.482 e. The molecule has 0 aliphatic carbocycles. The fraction of sp³-hybridized carbons (Fsp3) is 0.0667. The molecule has 3 aromatic rings. The molecule has 0 radical (unpaired) electrons. The molecular formula is C15H9BrO5. The summed E-state index contributed by atoms with van der Waals surface area (Å²) in [5.74, 6) is -0.795. The molecule has 0 unspecified atom stereocenters. The van der Waals surface area contributed by atoms with E-state index in [1.54, 1.807) is 30.3 Å². The van der Waals surface area contributed by atoms with Crippen molar-refractivity contribution >= 4 is 43.8 Å². The van der Waals surface area contributed by atoms with E-state index in [0.29, 0.717) is 32.2 Å². The standard InChI is InChI=1S/C15H9BrO5/c16-11-6-8(20-7-13(17)18)5-10-14(19)9-3-1-2-4-12(9)21-15(10)11/h1-6H,7H2,(H,17,18). The van der Waals surface area contributed by atoms with E-state index >= 15 is 0 Å². The normalized spacial score (nSPS) is 10.9. The molecule has 0 amide bonds. The van der Waals surface area contributed by atoms with Crippen LogP contribution in [0, 0.1) is 0 Å². The number of aliphatic carboxylic acids is 1. The highest BCUT2D eigenvalue weighted by Crippen LogP contribution is 2.30. The number of carbonyl (C=O) groups is 1. The van der Waals surface area contributed by atoms with Crippen LogP contribution in [0.1, 0.15) is 0 Å². The maximum absolute atomic E-state index is 12.5. The summed E-state index contributed by atoms with van der Waals surface area (Å²) in [4.78, 5) is 23.0. The molecule has 0 spiro atoms. The molecule has 2 aromatic carbocycles. The van der Waals surface area contributed by atoms with Gasteiger partial charge in [0.2, 0.25) is 5.43 Å². The van der Waals surface area contributed by atoms with Gasteiger partial charge in [-0.15, -0.1) is 0 Å². The first-order valence-corrected chi connectivity index (χ1v) is 6.85. The van der Waals surface area contributed by atoms with Gasteiger partial charge in [0, 0.05) is 0 Å². The van der Waals surface area contributed by atoms with Crippen LogP contribution in [0.4, 0.5) is 0 Å². The minimum Gasteiger partial charge on any atom is -0.482 e. The number of carboxylic acid groups (broad SMARTS) is 1. The van der Waals surface area contributed by atoms with E-state index in [4.69, 9.17) is 14.3 Å². The van der Waals surface area contributed by atoms with Gasteiger partial charge in [0.1, 0.15) is 11.3 Å². The minimum atomic E-state index is -1.09. The molecule has 1 N–H and O–H groups in total. The molecule has 0 aliphatic rings. The highest BCUT2D eigenvalue weighted by molar-refractivity contribution is 9.10. The Balaban J connectivity index is 2.26. The summed E-state index contributed by atoms with van der Waals surface area (Å²) in [6, 6.07) is 10.0. The smallest absolute Gasteiger partial charge is 0.341 e. The number of benzene rings is 2. The third-order valence-corrected chi connectivity index (χ3v) is 3.56. The Hall–Kier alpha value is -2.34. The van der Waals surface area contributed by atoms with Gasteiger partial charge in [0.15, 0.2) is 12.2 Å². The number of halogens is 1. The van der Waals surface area contributed by atoms with Crippen molar-refractivity contribution in [1.82, 2.24) is 0 Å². The summed E-state index contributed by atoms with van der Waals surface area (Å²) in [6.45, 7) is -0.475. The number of para-hydroxylation sites is 1. The minimum absolute atomic E-state index is 0.187. The lowest BCUT2D eigenvalue weighted by Gasteiger charge is -2.07. The Morgan fingerprint density at radius 3 is 2.76 bits per heavy atom. The van der Waals surface area contributed by atoms with Crippen molar-refractivity contribution in [2.45, 2.75) is 0 Å². The molecule has 5 nitrogen and oxygen atoms in total. The fourth-order valence-corrected chi connectivity index (χ4v) is 2.59. The lowest BCUT2D eigenvalue weighted by molar-refractivity contribution is -0.139. The molecule has 1 heterocycles. The Morgan fingerprint density at radius 1 is 1.24 bits per heavy atom. The van der Waals surface area contributed by atoms with Gasteiger partial charge < -0.3 is 14.3 Å². The zero-order valence-electron chi connectivity index (χ0n) is 10.6. The van der Waals surface area contributed by atoms with E-state index in [1.165, 1.54) is 6.07 Å². The van der Waals surface area contributed by atoms with Gasteiger partial charge in [-0.1, -0.05) is 12.1 Å². The highest BCUT2D eigenvalue weighted by Gasteiger charge is 2.12. The van der Waals surface area contributed by atoms with Gasteiger partial charge in [-0.3, -0.25) is 4.79 Å². The molecule has 3 rings (SSSR count). The van der Waals surface area contributed by atoms with Crippen LogP contribution in [0.15, 0.2) is 50.1 Å². The van der Waals surface area contributed by atoms with E-state index in [1.807, 2.05) is 0 Å². The lowest BCUT2D eigenvalue weighted by atomic mass is 10.1. The Labute approximate surface area is 126 Å². The van der Waals surface area contributed by atoms with Crippen LogP contribution in [-0.2, 0) is 4.79 Å². The van der Waals surface area contributed by atoms with Gasteiger partial charge in [-0.05, 0) is 40.2 Å². The van der Waals surface area contributed by atoms with Crippen molar-refractivity contribution in [2.24, 2.45) is 0 Å². The summed E-state index contributed by atoms with van der Waals surface area (Å²) in [6.07, 6.45) is 0. The Morgan fingerprint density at radius 2 is 2.00 bits per heavy atom. The molecule has 21 heavy (non-hydrogen) atoms. The second-order valence-electron chi connectivity index (χ2n) is 4.39. The van der Waals surface area contributed by atoms with Crippen molar-refractivity contribution in [3.05, 3.63) is 51.1 Å². The third-order valence-electron chi connectivity index (χ3n) is 2.97. The third kappa shape index (κ3) is 2.50. The first-order valence-electron chi connectivity index (χ1n) is 6.06. The van der Waals surface area contributed by atoms with Gasteiger partial charge in [0.25, 0.3) is 0 Å². The average molecular weight is 349 g/mol. The molecule has 1 aromatic heterocycles. The van der Waals surface area contributed by atoms with Crippen LogP contribution in [0.2, 0.25) is 0 Å². The number of carboxylic acids is 1. The Bertz CT molecular complexity index is 913. The van der Waals surface area contributed by atoms with Crippen LogP contribution < -0.4 is 10.2 Å². The van der Waals surface area contributed by atoms with Crippen LogP contribution in [-0.4, -0.2) is 17.7 Å². The van der Waals surface area contributed by atoms with Gasteiger partial charge in [-0.2, -0.15) is 0 Å². The average Bonchev–Trinajstić information content (AvgIpc) is 2.47. The quantitative estimate of drug-likeness (QED) is 0.735. The molecule has 0 saturated heterocycles. The van der Waals surface area contributed by atoms with Crippen molar-refractivity contribution in [3.8, 4) is 5.75 Å². The molecule has 106 valence electrons. The van der Waals surface area contributed by atoms with Crippen LogP contribution in [0.3, 0.4) is 0 Å². The summed E-state index contributed by atoms with van der Waals surface area (Å²) in [7, 11) is 0. The number of rotatable bonds is 3. The zero-order valence-corrected chi connectivity index (χ0v) is 12.2. The summed E-state index contributed by atoms with van der Waals surface area (Å²) >= 11 is 3.31. The topological polar surface area (TPSA) is 76.7 Å². The molecular weight excluding hydrogens is 340 g/mol.